The Hall–Kier alpha value is -9.45. The van der Waals surface area contributed by atoms with Crippen LogP contribution in [-0.4, -0.2) is 382 Å². The summed E-state index contributed by atoms with van der Waals surface area (Å²) >= 11 is 0. The van der Waals surface area contributed by atoms with E-state index in [0.717, 1.165) is 62.3 Å². The van der Waals surface area contributed by atoms with Gasteiger partial charge in [-0.1, -0.05) is 0 Å². The molecule has 3 aliphatic rings. The maximum Gasteiger partial charge on any atom is 0.326 e. The third kappa shape index (κ3) is 49.1. The van der Waals surface area contributed by atoms with Crippen LogP contribution in [0.5, 0.6) is 0 Å². The summed E-state index contributed by atoms with van der Waals surface area (Å²) in [6.07, 6.45) is -14.8. The zero-order valence-electron chi connectivity index (χ0n) is 73.6. The van der Waals surface area contributed by atoms with Crippen molar-refractivity contribution in [1.29, 1.82) is 0 Å². The molecule has 3 aliphatic heterocycles. The molecule has 0 aromatic heterocycles. The zero-order chi connectivity index (χ0) is 94.2. The minimum atomic E-state index is -1.42. The Bertz CT molecular complexity index is 3420. The number of carbonyl (C=O) groups is 17. The average Bonchev–Trinajstić information content (AvgIpc) is 0.796. The SMILES string of the molecule is CC(=O)N[C@H]1[C@H](OCCOCCOCCOCC(=O)NCCCCC(NC(=O)COCCOCCOCCO[C@@H]2O[C@H](COC(C)=O)[C@H](OC(C)=O)[C@H](OC(C)=O)[C@H]2NC(C)=O)C(=O)NC(CCCCNC(C=O)OCCOCCOCCO[C@@H]2O[C@H](COC(C)=O)[C@H](OC(C)=O)[C@H](OC(C)=O)[C@H]2NC(C)=O)C(=O)O)O[C@H](COC(C)=O)[C@H](OC(C)=O)[C@@H]1OC(C)=O. The fraction of sp³-hybridized carbons (Fsp3) is 0.782. The van der Waals surface area contributed by atoms with Crippen molar-refractivity contribution in [3.05, 3.63) is 0 Å². The number of hydrogen-bond donors (Lipinski definition) is 8. The van der Waals surface area contributed by atoms with Gasteiger partial charge in [-0.25, -0.2) is 4.79 Å². The molecule has 0 aromatic rings. The number of aliphatic carboxylic acids is 1. The number of rotatable bonds is 66. The number of carbonyl (C=O) groups excluding carboxylic acids is 16. The van der Waals surface area contributed by atoms with Gasteiger partial charge in [0.25, 0.3) is 0 Å². The van der Waals surface area contributed by atoms with Crippen molar-refractivity contribution < 1.29 is 200 Å². The molecule has 127 heavy (non-hydrogen) atoms. The summed E-state index contributed by atoms with van der Waals surface area (Å²) in [4.78, 5) is 209. The van der Waals surface area contributed by atoms with Crippen molar-refractivity contribution in [1.82, 2.24) is 37.2 Å². The van der Waals surface area contributed by atoms with E-state index >= 15 is 0 Å². The molecule has 18 atom stereocenters. The Kier molecular flexibility index (Phi) is 56.6. The van der Waals surface area contributed by atoms with E-state index < -0.39 is 232 Å². The number of aldehydes is 1. The van der Waals surface area contributed by atoms with Crippen molar-refractivity contribution in [3.63, 3.8) is 0 Å². The number of hydrogen-bond acceptors (Lipinski definition) is 42. The van der Waals surface area contributed by atoms with E-state index in [1.807, 2.05) is 0 Å². The van der Waals surface area contributed by atoms with Crippen LogP contribution in [0.3, 0.4) is 0 Å². The smallest absolute Gasteiger partial charge is 0.326 e. The Balaban J connectivity index is 1.49. The lowest BCUT2D eigenvalue weighted by molar-refractivity contribution is -0.279. The Morgan fingerprint density at radius 1 is 0.339 bits per heavy atom. The Morgan fingerprint density at radius 3 is 0.953 bits per heavy atom. The second-order valence-corrected chi connectivity index (χ2v) is 28.3. The van der Waals surface area contributed by atoms with Crippen LogP contribution in [0.2, 0.25) is 0 Å². The summed E-state index contributed by atoms with van der Waals surface area (Å²) in [5, 5.41) is 28.7. The molecule has 0 spiro atoms. The molecule has 3 fully saturated rings. The summed E-state index contributed by atoms with van der Waals surface area (Å²) in [7, 11) is 0. The second-order valence-electron chi connectivity index (χ2n) is 28.3. The first-order valence-electron chi connectivity index (χ1n) is 41.1. The van der Waals surface area contributed by atoms with Gasteiger partial charge in [0.1, 0.15) is 81.6 Å². The van der Waals surface area contributed by atoms with Gasteiger partial charge in [-0.15, -0.1) is 0 Å². The lowest BCUT2D eigenvalue weighted by atomic mass is 9.96. The highest BCUT2D eigenvalue weighted by Crippen LogP contribution is 2.32. The van der Waals surface area contributed by atoms with Gasteiger partial charge in [0.05, 0.1) is 119 Å². The molecular formula is C78H125N7O42. The van der Waals surface area contributed by atoms with Crippen LogP contribution >= 0.6 is 0 Å². The van der Waals surface area contributed by atoms with Gasteiger partial charge in [-0.3, -0.25) is 82.0 Å². The number of carboxylic acid groups (broad SMARTS) is 1. The molecule has 0 bridgehead atoms. The monoisotopic (exact) mass is 1830 g/mol. The number of carboxylic acids is 1. The van der Waals surface area contributed by atoms with Gasteiger partial charge < -0.3 is 151 Å². The molecule has 49 nitrogen and oxygen atoms in total. The third-order valence-corrected chi connectivity index (χ3v) is 17.5. The largest absolute Gasteiger partial charge is 0.480 e. The number of nitrogens with one attached hydrogen (secondary N) is 7. The first-order valence-corrected chi connectivity index (χ1v) is 41.1. The van der Waals surface area contributed by atoms with Crippen LogP contribution in [0, 0.1) is 0 Å². The Morgan fingerprint density at radius 2 is 0.638 bits per heavy atom. The lowest BCUT2D eigenvalue weighted by Crippen LogP contribution is -2.66. The van der Waals surface area contributed by atoms with E-state index in [-0.39, 0.29) is 164 Å². The summed E-state index contributed by atoms with van der Waals surface area (Å²) in [6, 6.07) is -6.24. The molecule has 3 unspecified atom stereocenters. The molecule has 0 saturated carbocycles. The van der Waals surface area contributed by atoms with Crippen molar-refractivity contribution in [2.75, 3.05) is 165 Å². The normalized spacial score (nSPS) is 22.6. The summed E-state index contributed by atoms with van der Waals surface area (Å²) in [6.45, 7) is 11.8. The molecule has 8 N–H and O–H groups in total. The van der Waals surface area contributed by atoms with Crippen LogP contribution in [0.1, 0.15) is 122 Å². The molecule has 6 amide bonds. The minimum Gasteiger partial charge on any atom is -0.480 e. The van der Waals surface area contributed by atoms with Gasteiger partial charge in [-0.05, 0) is 45.1 Å². The van der Waals surface area contributed by atoms with Crippen LogP contribution in [0.4, 0.5) is 0 Å². The zero-order valence-corrected chi connectivity index (χ0v) is 73.6. The molecule has 0 aliphatic carbocycles. The maximum atomic E-state index is 13.9. The first-order chi connectivity index (χ1) is 60.5. The van der Waals surface area contributed by atoms with Gasteiger partial charge in [0.2, 0.25) is 35.4 Å². The van der Waals surface area contributed by atoms with E-state index in [1.54, 1.807) is 0 Å². The van der Waals surface area contributed by atoms with Crippen LogP contribution < -0.4 is 37.2 Å². The molecule has 3 saturated heterocycles. The van der Waals surface area contributed by atoms with Gasteiger partial charge in [0, 0.05) is 89.6 Å². The number of unbranched alkanes of at least 4 members (excludes halogenated alkanes) is 2. The number of amides is 6. The standard InChI is InChI=1S/C78H125N7O42/c1-45(87)81-65-71(122-54(10)96)68(119-51(7)93)59(40-116-48(4)90)125-76(65)113-36-32-107-23-21-104-27-29-110-43-62(99)79-19-15-13-17-57(84-63(100)44-111-30-28-105-22-24-108-33-37-114-77-66(82-46(2)88)72(123-55(11)97)69(120-52(8)94)60(126-77)41-117-49(5)91)74(101)85-58(75(102)103)18-14-16-20-80-64(39-86)112-35-31-106-25-26-109-34-38-115-78-67(83-47(3)89)73(124-56(12)98)70(121-53(9)95)61(127-78)42-118-50(6)92/h39,57-61,64-73,76-78,80H,13-38,40-44H2,1-12H3,(H,79,99)(H,81,87)(H,82,88)(H,83,89)(H,84,100)(H,85,101)(H,102,103)/t57?,58?,59-,60-,61-,64?,65-,66-,67-,68+,69+,70+,71-,72-,73-,76-,77-,78-/m1/s1. The highest BCUT2D eigenvalue weighted by Gasteiger charge is 2.54. The van der Waals surface area contributed by atoms with E-state index in [0.29, 0.717) is 19.1 Å². The fourth-order valence-corrected chi connectivity index (χ4v) is 12.4. The second kappa shape index (κ2) is 64.3. The summed E-state index contributed by atoms with van der Waals surface area (Å²) in [5.74, 6) is -11.8. The number of ether oxygens (including phenoxy) is 24. The van der Waals surface area contributed by atoms with E-state index in [1.165, 1.54) is 20.8 Å². The highest BCUT2D eigenvalue weighted by molar-refractivity contribution is 5.90. The van der Waals surface area contributed by atoms with Crippen LogP contribution in [-0.2, 0) is 195 Å². The number of esters is 9. The minimum absolute atomic E-state index is 0.0101. The molecule has 724 valence electrons. The van der Waals surface area contributed by atoms with Crippen molar-refractivity contribution in [2.24, 2.45) is 0 Å². The van der Waals surface area contributed by atoms with Gasteiger partial charge in [0.15, 0.2) is 68.0 Å². The van der Waals surface area contributed by atoms with E-state index in [2.05, 4.69) is 37.2 Å². The molecule has 49 heteroatoms. The van der Waals surface area contributed by atoms with Crippen LogP contribution in [0.15, 0.2) is 0 Å². The average molecular weight is 1830 g/mol. The fourth-order valence-electron chi connectivity index (χ4n) is 12.4. The first kappa shape index (κ1) is 112. The molecule has 3 heterocycles. The quantitative estimate of drug-likeness (QED) is 0.00940. The van der Waals surface area contributed by atoms with Gasteiger partial charge in [-0.2, -0.15) is 0 Å². The highest BCUT2D eigenvalue weighted by atomic mass is 16.7. The molecule has 3 rings (SSSR count). The van der Waals surface area contributed by atoms with Crippen molar-refractivity contribution in [3.8, 4) is 0 Å². The van der Waals surface area contributed by atoms with E-state index in [4.69, 9.17) is 114 Å². The topological polar surface area (TPSA) is 616 Å². The van der Waals surface area contributed by atoms with E-state index in [9.17, 15) is 86.6 Å². The van der Waals surface area contributed by atoms with Crippen LogP contribution in [0.25, 0.3) is 0 Å². The predicted octanol–water partition coefficient (Wildman–Crippen LogP) is -4.22. The molecule has 0 radical (unpaired) electrons. The third-order valence-electron chi connectivity index (χ3n) is 17.5. The summed E-state index contributed by atoms with van der Waals surface area (Å²) < 4.78 is 133. The van der Waals surface area contributed by atoms with Gasteiger partial charge >= 0.3 is 59.7 Å². The Labute approximate surface area is 733 Å². The molecular weight excluding hydrogens is 1710 g/mol. The van der Waals surface area contributed by atoms with Crippen molar-refractivity contribution in [2.45, 2.75) is 232 Å². The maximum absolute atomic E-state index is 13.9. The van der Waals surface area contributed by atoms with Crippen molar-refractivity contribution >= 4 is 101 Å². The molecule has 0 aromatic carbocycles. The predicted molar refractivity (Wildman–Crippen MR) is 422 cm³/mol. The lowest BCUT2D eigenvalue weighted by Gasteiger charge is -2.44. The summed E-state index contributed by atoms with van der Waals surface area (Å²) in [5.41, 5.74) is 0.